The van der Waals surface area contributed by atoms with Gasteiger partial charge in [-0.05, 0) is 6.92 Å². The Morgan fingerprint density at radius 1 is 1.20 bits per heavy atom. The van der Waals surface area contributed by atoms with Crippen molar-refractivity contribution in [3.05, 3.63) is 0 Å². The average Bonchev–Trinajstić information content (AvgIpc) is 1.60. The second-order valence-electron chi connectivity index (χ2n) is 1.54. The number of alkyl halides is 5. The van der Waals surface area contributed by atoms with Gasteiger partial charge in [0, 0.05) is 0 Å². The lowest BCUT2D eigenvalue weighted by molar-refractivity contribution is -0.289. The predicted octanol–water partition coefficient (Wildman–Crippen LogP) is 2.18. The summed E-state index contributed by atoms with van der Waals surface area (Å²) in [6.07, 6.45) is -10.9. The molecular weight excluding hydrogens is 159 g/mol. The summed E-state index contributed by atoms with van der Waals surface area (Å²) in [5.41, 5.74) is 0. The van der Waals surface area contributed by atoms with E-state index in [9.17, 15) is 22.0 Å². The van der Waals surface area contributed by atoms with Gasteiger partial charge in [0.15, 0.2) is 6.36 Å². The number of halogens is 5. The molecule has 2 atom stereocenters. The summed E-state index contributed by atoms with van der Waals surface area (Å²) >= 11 is 0. The van der Waals surface area contributed by atoms with Crippen LogP contribution in [0.3, 0.4) is 0 Å². The zero-order valence-electron chi connectivity index (χ0n) is 4.95. The molecule has 0 saturated carbocycles. The second-order valence-corrected chi connectivity index (χ2v) is 1.54. The molecule has 2 unspecified atom stereocenters. The van der Waals surface area contributed by atoms with Crippen LogP contribution in [0, 0.1) is 0 Å². The van der Waals surface area contributed by atoms with Crippen LogP contribution >= 0.6 is 0 Å². The highest BCUT2D eigenvalue weighted by Gasteiger charge is 2.42. The van der Waals surface area contributed by atoms with E-state index in [1.54, 1.807) is 0 Å². The molecule has 0 aromatic heterocycles. The highest BCUT2D eigenvalue weighted by atomic mass is 19.4. The lowest BCUT2D eigenvalue weighted by Crippen LogP contribution is -2.29. The van der Waals surface area contributed by atoms with Crippen LogP contribution < -0.4 is 0 Å². The molecule has 0 aliphatic rings. The maximum absolute atomic E-state index is 11.6. The minimum Gasteiger partial charge on any atom is -0.307 e. The van der Waals surface area contributed by atoms with Crippen molar-refractivity contribution in [1.29, 1.82) is 0 Å². The normalized spacial score (nSPS) is 18.6. The Kier molecular flexibility index (Phi) is 3.01. The van der Waals surface area contributed by atoms with Crippen LogP contribution in [-0.2, 0) is 4.74 Å². The van der Waals surface area contributed by atoms with Gasteiger partial charge in [0.05, 0.1) is 0 Å². The topological polar surface area (TPSA) is 9.23 Å². The van der Waals surface area contributed by atoms with E-state index in [4.69, 9.17) is 0 Å². The second kappa shape index (κ2) is 3.14. The van der Waals surface area contributed by atoms with E-state index in [2.05, 4.69) is 4.74 Å². The standard InChI is InChI=1S/C4H5F5O/c1-2(5)10-3(6)4(7,8)9/h2-3H,1H3. The van der Waals surface area contributed by atoms with E-state index in [-0.39, 0.29) is 0 Å². The van der Waals surface area contributed by atoms with Crippen molar-refractivity contribution < 1.29 is 26.7 Å². The van der Waals surface area contributed by atoms with Crippen LogP contribution in [0.1, 0.15) is 6.92 Å². The molecule has 0 spiro atoms. The van der Waals surface area contributed by atoms with E-state index in [1.807, 2.05) is 0 Å². The fourth-order valence-corrected chi connectivity index (χ4v) is 0.242. The van der Waals surface area contributed by atoms with Gasteiger partial charge in [-0.25, -0.2) is 8.78 Å². The van der Waals surface area contributed by atoms with Crippen LogP contribution in [0.5, 0.6) is 0 Å². The van der Waals surface area contributed by atoms with E-state index >= 15 is 0 Å². The molecule has 0 N–H and O–H groups in total. The molecule has 1 nitrogen and oxygen atoms in total. The summed E-state index contributed by atoms with van der Waals surface area (Å²) in [6, 6.07) is 0. The van der Waals surface area contributed by atoms with Gasteiger partial charge in [-0.1, -0.05) is 0 Å². The molecule has 0 radical (unpaired) electrons. The van der Waals surface area contributed by atoms with Gasteiger partial charge >= 0.3 is 6.18 Å². The van der Waals surface area contributed by atoms with Gasteiger partial charge in [-0.15, -0.1) is 0 Å². The highest BCUT2D eigenvalue weighted by Crippen LogP contribution is 2.24. The lowest BCUT2D eigenvalue weighted by atomic mass is 10.6. The van der Waals surface area contributed by atoms with Gasteiger partial charge in [-0.2, -0.15) is 13.2 Å². The molecule has 0 bridgehead atoms. The Morgan fingerprint density at radius 3 is 1.70 bits per heavy atom. The number of hydrogen-bond acceptors (Lipinski definition) is 1. The average molecular weight is 164 g/mol. The molecule has 0 aliphatic carbocycles. The van der Waals surface area contributed by atoms with Crippen molar-refractivity contribution in [3.63, 3.8) is 0 Å². The molecule has 0 aromatic rings. The van der Waals surface area contributed by atoms with Gasteiger partial charge in [-0.3, -0.25) is 0 Å². The quantitative estimate of drug-likeness (QED) is 0.568. The predicted molar refractivity (Wildman–Crippen MR) is 22.6 cm³/mol. The maximum atomic E-state index is 11.6. The first kappa shape index (κ1) is 9.61. The third-order valence-corrected chi connectivity index (χ3v) is 0.564. The van der Waals surface area contributed by atoms with Gasteiger partial charge in [0.25, 0.3) is 6.36 Å². The molecule has 6 heteroatoms. The van der Waals surface area contributed by atoms with Crippen LogP contribution in [0.2, 0.25) is 0 Å². The van der Waals surface area contributed by atoms with Crippen molar-refractivity contribution >= 4 is 0 Å². The highest BCUT2D eigenvalue weighted by molar-refractivity contribution is 4.53. The Balaban J connectivity index is 3.73. The summed E-state index contributed by atoms with van der Waals surface area (Å²) in [6.45, 7) is 0.665. The Bertz CT molecular complexity index is 98.3. The van der Waals surface area contributed by atoms with Crippen molar-refractivity contribution in [2.45, 2.75) is 25.8 Å². The summed E-state index contributed by atoms with van der Waals surface area (Å²) in [4.78, 5) is 0. The minimum atomic E-state index is -5.14. The largest absolute Gasteiger partial charge is 0.445 e. The third kappa shape index (κ3) is 3.60. The number of hydrogen-bond donors (Lipinski definition) is 0. The van der Waals surface area contributed by atoms with Crippen LogP contribution in [-0.4, -0.2) is 18.9 Å². The third-order valence-electron chi connectivity index (χ3n) is 0.564. The van der Waals surface area contributed by atoms with Crippen LogP contribution in [0.15, 0.2) is 0 Å². The van der Waals surface area contributed by atoms with Crippen molar-refractivity contribution in [1.82, 2.24) is 0 Å². The monoisotopic (exact) mass is 164 g/mol. The van der Waals surface area contributed by atoms with Crippen LogP contribution in [0.25, 0.3) is 0 Å². The van der Waals surface area contributed by atoms with E-state index < -0.39 is 18.9 Å². The fraction of sp³-hybridized carbons (Fsp3) is 1.00. The molecular formula is C4H5F5O. The molecule has 0 aromatic carbocycles. The Labute approximate surface area is 53.8 Å². The SMILES string of the molecule is CC(F)OC(F)C(F)(F)F. The van der Waals surface area contributed by atoms with E-state index in [0.717, 1.165) is 0 Å². The van der Waals surface area contributed by atoms with Gasteiger partial charge in [0.1, 0.15) is 0 Å². The van der Waals surface area contributed by atoms with Gasteiger partial charge < -0.3 is 4.74 Å². The van der Waals surface area contributed by atoms with Crippen LogP contribution in [0.4, 0.5) is 22.0 Å². The van der Waals surface area contributed by atoms with Gasteiger partial charge in [0.2, 0.25) is 0 Å². The summed E-state index contributed by atoms with van der Waals surface area (Å²) in [5, 5.41) is 0. The zero-order chi connectivity index (χ0) is 8.36. The molecule has 10 heavy (non-hydrogen) atoms. The molecule has 0 fully saturated rings. The first-order chi connectivity index (χ1) is 4.34. The lowest BCUT2D eigenvalue weighted by Gasteiger charge is -2.12. The maximum Gasteiger partial charge on any atom is 0.445 e. The first-order valence-corrected chi connectivity index (χ1v) is 2.34. The van der Waals surface area contributed by atoms with E-state index in [0.29, 0.717) is 6.92 Å². The summed E-state index contributed by atoms with van der Waals surface area (Å²) in [7, 11) is 0. The first-order valence-electron chi connectivity index (χ1n) is 2.34. The minimum absolute atomic E-state index is 0.665. The smallest absolute Gasteiger partial charge is 0.307 e. The fourth-order valence-electron chi connectivity index (χ4n) is 0.242. The molecule has 0 rings (SSSR count). The molecule has 0 aliphatic heterocycles. The summed E-state index contributed by atoms with van der Waals surface area (Å²) < 4.78 is 59.7. The number of rotatable bonds is 2. The molecule has 62 valence electrons. The van der Waals surface area contributed by atoms with E-state index in [1.165, 1.54) is 0 Å². The Hall–Kier alpha value is -0.390. The number of ether oxygens (including phenoxy) is 1. The molecule has 0 heterocycles. The molecule has 0 amide bonds. The van der Waals surface area contributed by atoms with Crippen molar-refractivity contribution in [3.8, 4) is 0 Å². The Morgan fingerprint density at radius 2 is 1.60 bits per heavy atom. The summed E-state index contributed by atoms with van der Waals surface area (Å²) in [5.74, 6) is 0. The van der Waals surface area contributed by atoms with Crippen molar-refractivity contribution in [2.24, 2.45) is 0 Å². The van der Waals surface area contributed by atoms with Crippen molar-refractivity contribution in [2.75, 3.05) is 0 Å². The zero-order valence-corrected chi connectivity index (χ0v) is 4.95. The molecule has 0 saturated heterocycles.